The lowest BCUT2D eigenvalue weighted by atomic mass is 10.1. The molecule has 0 aliphatic carbocycles. The maximum absolute atomic E-state index is 15.4. The van der Waals surface area contributed by atoms with Gasteiger partial charge in [0.25, 0.3) is 0 Å². The molecule has 9 nitrogen and oxygen atoms in total. The van der Waals surface area contributed by atoms with Crippen molar-refractivity contribution in [1.29, 1.82) is 0 Å². The molecule has 1 unspecified atom stereocenters. The van der Waals surface area contributed by atoms with E-state index >= 15 is 4.39 Å². The third-order valence-corrected chi connectivity index (χ3v) is 7.97. The molecule has 1 heterocycles. The number of nitrogens with zero attached hydrogens (tertiary/aromatic N) is 5. The molecule has 1 aromatic heterocycles. The van der Waals surface area contributed by atoms with E-state index < -0.39 is 29.5 Å². The maximum Gasteiger partial charge on any atom is 0.419 e. The number of rotatable bonds is 20. The molecule has 0 aliphatic rings. The highest BCUT2D eigenvalue weighted by atomic mass is 19.4. The molecule has 0 radical (unpaired) electrons. The Morgan fingerprint density at radius 1 is 1.10 bits per heavy atom. The van der Waals surface area contributed by atoms with Gasteiger partial charge in [-0.05, 0) is 78.0 Å². The van der Waals surface area contributed by atoms with Crippen LogP contribution in [0.5, 0.6) is 0 Å². The molecule has 1 amide bonds. The molecular formula is C39H66F4N8O. The lowest BCUT2D eigenvalue weighted by Gasteiger charge is -2.28. The topological polar surface area (TPSA) is 109 Å². The van der Waals surface area contributed by atoms with Crippen LogP contribution in [0.3, 0.4) is 0 Å². The van der Waals surface area contributed by atoms with Crippen molar-refractivity contribution in [3.05, 3.63) is 95.4 Å². The second-order valence-corrected chi connectivity index (χ2v) is 11.6. The fraction of sp³-hybridized carbons (Fsp3) is 0.538. The smallest absolute Gasteiger partial charge is 0.397 e. The summed E-state index contributed by atoms with van der Waals surface area (Å²) in [4.78, 5) is 16.5. The van der Waals surface area contributed by atoms with Crippen LogP contribution in [0.25, 0.3) is 5.70 Å². The van der Waals surface area contributed by atoms with Gasteiger partial charge in [0.1, 0.15) is 5.83 Å². The summed E-state index contributed by atoms with van der Waals surface area (Å²) in [5, 5.41) is 8.06. The Morgan fingerprint density at radius 2 is 1.71 bits per heavy atom. The monoisotopic (exact) mass is 739 g/mol. The summed E-state index contributed by atoms with van der Waals surface area (Å²) >= 11 is 0. The average molecular weight is 739 g/mol. The Bertz CT molecular complexity index is 1390. The highest BCUT2D eigenvalue weighted by Crippen LogP contribution is 2.33. The van der Waals surface area contributed by atoms with Crippen molar-refractivity contribution in [2.75, 3.05) is 39.8 Å². The number of alkyl halides is 3. The zero-order valence-corrected chi connectivity index (χ0v) is 33.5. The molecule has 296 valence electrons. The summed E-state index contributed by atoms with van der Waals surface area (Å²) in [7, 11) is 3.77. The van der Waals surface area contributed by atoms with E-state index in [0.717, 1.165) is 36.0 Å². The first kappa shape index (κ1) is 50.2. The number of carbonyl (C=O) groups is 1. The van der Waals surface area contributed by atoms with Gasteiger partial charge in [-0.25, -0.2) is 10.2 Å². The first-order valence-corrected chi connectivity index (χ1v) is 18.0. The minimum Gasteiger partial charge on any atom is -0.397 e. The van der Waals surface area contributed by atoms with Crippen LogP contribution in [0.2, 0.25) is 0 Å². The third-order valence-electron chi connectivity index (χ3n) is 7.97. The maximum atomic E-state index is 15.4. The molecule has 0 fully saturated rings. The Balaban J connectivity index is 0. The van der Waals surface area contributed by atoms with Gasteiger partial charge < -0.3 is 21.0 Å². The summed E-state index contributed by atoms with van der Waals surface area (Å²) < 4.78 is 59.4. The number of amides is 1. The van der Waals surface area contributed by atoms with E-state index in [1.54, 1.807) is 35.0 Å². The zero-order valence-electron chi connectivity index (χ0n) is 33.5. The largest absolute Gasteiger partial charge is 0.419 e. The van der Waals surface area contributed by atoms with Crippen LogP contribution in [0.1, 0.15) is 85.9 Å². The van der Waals surface area contributed by atoms with Gasteiger partial charge in [-0.1, -0.05) is 78.5 Å². The second-order valence-electron chi connectivity index (χ2n) is 11.6. The van der Waals surface area contributed by atoms with Crippen LogP contribution in [-0.2, 0) is 11.8 Å². The predicted molar refractivity (Wildman–Crippen MR) is 210 cm³/mol. The van der Waals surface area contributed by atoms with Crippen LogP contribution in [-0.4, -0.2) is 82.5 Å². The van der Waals surface area contributed by atoms with Crippen LogP contribution in [0.4, 0.5) is 17.6 Å². The summed E-state index contributed by atoms with van der Waals surface area (Å²) in [6.07, 6.45) is 6.11. The summed E-state index contributed by atoms with van der Waals surface area (Å²) in [6.45, 7) is 27.0. The lowest BCUT2D eigenvalue weighted by molar-refractivity contribution is -0.119. The number of hydrogen-bond acceptors (Lipinski definition) is 7. The van der Waals surface area contributed by atoms with Crippen molar-refractivity contribution < 1.29 is 22.4 Å². The van der Waals surface area contributed by atoms with Crippen LogP contribution >= 0.6 is 0 Å². The van der Waals surface area contributed by atoms with Crippen LogP contribution < -0.4 is 16.9 Å². The molecule has 13 heteroatoms. The lowest BCUT2D eigenvalue weighted by Crippen LogP contribution is -2.37. The van der Waals surface area contributed by atoms with E-state index in [9.17, 15) is 18.0 Å². The normalized spacial score (nSPS) is 13.8. The molecule has 0 aliphatic heterocycles. The fourth-order valence-electron chi connectivity index (χ4n) is 4.76. The number of nitrogens with one attached hydrogen (secondary N) is 1. The van der Waals surface area contributed by atoms with Gasteiger partial charge in [0.15, 0.2) is 0 Å². The predicted octanol–water partition coefficient (Wildman–Crippen LogP) is 8.08. The molecule has 1 aromatic rings. The minimum absolute atomic E-state index is 0.159. The molecule has 0 spiro atoms. The SMILES string of the molecule is C=C/C(=C\CC=C(C)CN(N)/C=C(\N)c1cnn(C)c1C)CC(=O)N/C(C=C)=C/C(=C(/F)C(C)N(CC)CCCN(C)CC)C(F)(F)F.CC.CC. The molecule has 1 atom stereocenters. The second kappa shape index (κ2) is 26.8. The zero-order chi connectivity index (χ0) is 40.6. The third kappa shape index (κ3) is 18.5. The Labute approximate surface area is 311 Å². The first-order chi connectivity index (χ1) is 24.5. The minimum atomic E-state index is -4.99. The number of likely N-dealkylation sites (N-methyl/N-ethyl adjacent to an activating group) is 1. The van der Waals surface area contributed by atoms with E-state index in [2.05, 4.69) is 28.5 Å². The molecule has 5 N–H and O–H groups in total. The van der Waals surface area contributed by atoms with Gasteiger partial charge in [-0.2, -0.15) is 18.3 Å². The fourth-order valence-corrected chi connectivity index (χ4v) is 4.76. The summed E-state index contributed by atoms with van der Waals surface area (Å²) in [6, 6.07) is -1.12. The van der Waals surface area contributed by atoms with Gasteiger partial charge >= 0.3 is 6.18 Å². The number of carbonyl (C=O) groups excluding carboxylic acids is 1. The average Bonchev–Trinajstić information content (AvgIpc) is 3.45. The van der Waals surface area contributed by atoms with E-state index in [1.807, 2.05) is 68.6 Å². The van der Waals surface area contributed by atoms with Crippen LogP contribution in [0, 0.1) is 6.92 Å². The molecule has 0 bridgehead atoms. The molecule has 52 heavy (non-hydrogen) atoms. The van der Waals surface area contributed by atoms with Crippen molar-refractivity contribution in [2.45, 2.75) is 93.8 Å². The van der Waals surface area contributed by atoms with Gasteiger partial charge in [0, 0.05) is 36.7 Å². The van der Waals surface area contributed by atoms with Gasteiger partial charge in [-0.3, -0.25) is 14.4 Å². The van der Waals surface area contributed by atoms with Crippen molar-refractivity contribution >= 4 is 11.6 Å². The van der Waals surface area contributed by atoms with Crippen molar-refractivity contribution in [3.63, 3.8) is 0 Å². The Kier molecular flexibility index (Phi) is 25.8. The van der Waals surface area contributed by atoms with Gasteiger partial charge in [0.05, 0.1) is 36.5 Å². The van der Waals surface area contributed by atoms with Crippen molar-refractivity contribution in [3.8, 4) is 0 Å². The van der Waals surface area contributed by atoms with Crippen molar-refractivity contribution in [1.82, 2.24) is 29.9 Å². The number of hydrazine groups is 1. The quantitative estimate of drug-likeness (QED) is 0.0408. The molecule has 0 saturated carbocycles. The molecule has 0 saturated heterocycles. The number of aryl methyl sites for hydroxylation is 1. The summed E-state index contributed by atoms with van der Waals surface area (Å²) in [5.41, 5.74) is 8.11. The van der Waals surface area contributed by atoms with Crippen LogP contribution in [0.15, 0.2) is 84.2 Å². The highest BCUT2D eigenvalue weighted by Gasteiger charge is 2.38. The number of aromatic nitrogens is 2. The number of allylic oxidation sites excluding steroid dienone is 6. The standard InChI is InChI=1S/C35H54F4N8O.2C2H6/c1-10-28(17-14-16-25(5)23-47(41)24-32(40)30-22-42-45(9)26(30)6)20-33(48)43-29(11-2)21-31(35(37,38)39)34(36)27(7)46(13-4)19-15-18-44(8)12-3;2*1-2/h10-11,16-17,21-22,24,27H,1-2,12-15,18-20,23,40-41H2,3-9H3,(H,43,48);2*1-2H3/b25-16?,28-17+,29-21+,32-24-,34-31-;;. The number of hydrogen-bond donors (Lipinski definition) is 3. The van der Waals surface area contributed by atoms with Gasteiger partial charge in [-0.15, -0.1) is 0 Å². The van der Waals surface area contributed by atoms with E-state index in [1.165, 1.54) is 18.0 Å². The number of nitrogens with two attached hydrogens (primary N) is 2. The van der Waals surface area contributed by atoms with E-state index in [0.29, 0.717) is 49.8 Å². The molecular weight excluding hydrogens is 672 g/mol. The Hall–Kier alpha value is -3.94. The first-order valence-electron chi connectivity index (χ1n) is 18.0. The number of halogens is 4. The van der Waals surface area contributed by atoms with Crippen molar-refractivity contribution in [2.24, 2.45) is 18.6 Å². The van der Waals surface area contributed by atoms with Gasteiger partial charge in [0.2, 0.25) is 5.91 Å². The highest BCUT2D eigenvalue weighted by molar-refractivity contribution is 5.81. The molecule has 1 rings (SSSR count). The summed E-state index contributed by atoms with van der Waals surface area (Å²) in [5.74, 6) is 4.19. The van der Waals surface area contributed by atoms with E-state index in [-0.39, 0.29) is 12.1 Å². The van der Waals surface area contributed by atoms with E-state index in [4.69, 9.17) is 11.6 Å². The molecule has 0 aromatic carbocycles. The Morgan fingerprint density at radius 3 is 2.19 bits per heavy atom.